The first-order chi connectivity index (χ1) is 4.86. The summed E-state index contributed by atoms with van der Waals surface area (Å²) in [4.78, 5) is 20.2. The molecule has 1 aliphatic rings. The van der Waals surface area contributed by atoms with Crippen molar-refractivity contribution in [2.45, 2.75) is 6.42 Å². The summed E-state index contributed by atoms with van der Waals surface area (Å²) in [5.74, 6) is 3.55. The molecule has 0 amide bonds. The third kappa shape index (κ3) is 1.42. The van der Waals surface area contributed by atoms with E-state index in [4.69, 9.17) is 0 Å². The number of nitrogens with one attached hydrogen (secondary N) is 1. The maximum Gasteiger partial charge on any atom is 0.125 e. The molecule has 0 bridgehead atoms. The van der Waals surface area contributed by atoms with Crippen LogP contribution in [0.5, 0.6) is 0 Å². The first-order valence-corrected chi connectivity index (χ1v) is 3.03. The summed E-state index contributed by atoms with van der Waals surface area (Å²) in [5, 5.41) is 2.89. The van der Waals surface area contributed by atoms with Crippen LogP contribution in [0.3, 0.4) is 0 Å². The third-order valence-electron chi connectivity index (χ3n) is 1.39. The second-order valence-corrected chi connectivity index (χ2v) is 2.19. The molecule has 1 rings (SSSR count). The molecule has 3 heteroatoms. The molecule has 3 nitrogen and oxygen atoms in total. The highest BCUT2D eigenvalue weighted by Gasteiger charge is 2.10. The molecule has 0 atom stereocenters. The fourth-order valence-electron chi connectivity index (χ4n) is 0.891. The Bertz CT molecular complexity index is 208. The fraction of sp³-hybridized carbons (Fsp3) is 0.429. The van der Waals surface area contributed by atoms with E-state index in [9.17, 15) is 9.59 Å². The maximum atomic E-state index is 10.1. The highest BCUT2D eigenvalue weighted by atomic mass is 16.1. The van der Waals surface area contributed by atoms with E-state index in [2.05, 4.69) is 5.32 Å². The van der Waals surface area contributed by atoms with E-state index in [-0.39, 0.29) is 0 Å². The van der Waals surface area contributed by atoms with Crippen LogP contribution in [0.4, 0.5) is 0 Å². The maximum absolute atomic E-state index is 10.1. The number of hydrogen-bond donors (Lipinski definition) is 1. The van der Waals surface area contributed by atoms with Crippen molar-refractivity contribution in [1.82, 2.24) is 5.32 Å². The minimum Gasteiger partial charge on any atom is -0.308 e. The van der Waals surface area contributed by atoms with Crippen molar-refractivity contribution in [3.05, 3.63) is 11.1 Å². The third-order valence-corrected chi connectivity index (χ3v) is 1.39. The van der Waals surface area contributed by atoms with Crippen LogP contribution in [-0.4, -0.2) is 25.0 Å². The predicted molar refractivity (Wildman–Crippen MR) is 35.9 cm³/mol. The van der Waals surface area contributed by atoms with Crippen molar-refractivity contribution in [3.8, 4) is 0 Å². The molecule has 0 unspecified atom stereocenters. The van der Waals surface area contributed by atoms with Crippen molar-refractivity contribution in [2.24, 2.45) is 0 Å². The van der Waals surface area contributed by atoms with Gasteiger partial charge < -0.3 is 5.32 Å². The molecule has 1 N–H and O–H groups in total. The molecule has 0 aromatic heterocycles. The van der Waals surface area contributed by atoms with Gasteiger partial charge in [0, 0.05) is 30.7 Å². The molecule has 52 valence electrons. The Morgan fingerprint density at radius 3 is 2.00 bits per heavy atom. The molecule has 0 radical (unpaired) electrons. The SMILES string of the molecule is O=C=C1CNCC(=C=O)C1. The Kier molecular flexibility index (Phi) is 2.19. The average Bonchev–Trinajstić information content (AvgIpc) is 2.05. The molecule has 0 saturated carbocycles. The zero-order valence-corrected chi connectivity index (χ0v) is 5.44. The highest BCUT2D eigenvalue weighted by molar-refractivity contribution is 5.61. The molecule has 1 aliphatic heterocycles. The predicted octanol–water partition coefficient (Wildman–Crippen LogP) is -0.504. The van der Waals surface area contributed by atoms with Gasteiger partial charge in [0.15, 0.2) is 0 Å². The molecule has 10 heavy (non-hydrogen) atoms. The summed E-state index contributed by atoms with van der Waals surface area (Å²) >= 11 is 0. The summed E-state index contributed by atoms with van der Waals surface area (Å²) in [6.45, 7) is 1.10. The quantitative estimate of drug-likeness (QED) is 0.458. The van der Waals surface area contributed by atoms with Gasteiger partial charge in [0.1, 0.15) is 11.9 Å². The van der Waals surface area contributed by atoms with E-state index in [1.54, 1.807) is 11.9 Å². The van der Waals surface area contributed by atoms with Gasteiger partial charge in [-0.2, -0.15) is 0 Å². The van der Waals surface area contributed by atoms with Crippen molar-refractivity contribution in [3.63, 3.8) is 0 Å². The van der Waals surface area contributed by atoms with Crippen molar-refractivity contribution in [2.75, 3.05) is 13.1 Å². The van der Waals surface area contributed by atoms with E-state index >= 15 is 0 Å². The zero-order chi connectivity index (χ0) is 7.40. The van der Waals surface area contributed by atoms with Crippen LogP contribution < -0.4 is 5.32 Å². The minimum absolute atomic E-state index is 0.444. The lowest BCUT2D eigenvalue weighted by Gasteiger charge is -2.12. The Hall–Kier alpha value is -1.14. The van der Waals surface area contributed by atoms with Gasteiger partial charge in [-0.15, -0.1) is 0 Å². The first-order valence-electron chi connectivity index (χ1n) is 3.03. The Labute approximate surface area is 58.4 Å². The topological polar surface area (TPSA) is 46.2 Å². The molecular weight excluding hydrogens is 130 g/mol. The van der Waals surface area contributed by atoms with Gasteiger partial charge in [0.05, 0.1) is 0 Å². The average molecular weight is 137 g/mol. The number of carbonyl (C=O) groups excluding carboxylic acids is 2. The molecule has 0 aromatic carbocycles. The molecular formula is C7H7NO2. The summed E-state index contributed by atoms with van der Waals surface area (Å²) in [6, 6.07) is 0. The Morgan fingerprint density at radius 2 is 1.60 bits per heavy atom. The summed E-state index contributed by atoms with van der Waals surface area (Å²) in [5.41, 5.74) is 1.20. The van der Waals surface area contributed by atoms with Crippen LogP contribution in [0.2, 0.25) is 0 Å². The lowest BCUT2D eigenvalue weighted by atomic mass is 10.0. The van der Waals surface area contributed by atoms with Gasteiger partial charge >= 0.3 is 0 Å². The van der Waals surface area contributed by atoms with Crippen molar-refractivity contribution >= 4 is 11.9 Å². The van der Waals surface area contributed by atoms with Crippen molar-refractivity contribution in [1.29, 1.82) is 0 Å². The molecule has 0 aromatic rings. The van der Waals surface area contributed by atoms with E-state index in [0.717, 1.165) is 0 Å². The van der Waals surface area contributed by atoms with Crippen LogP contribution in [0.15, 0.2) is 11.1 Å². The van der Waals surface area contributed by atoms with Crippen molar-refractivity contribution < 1.29 is 9.59 Å². The monoisotopic (exact) mass is 137 g/mol. The number of piperidine rings is 1. The molecule has 0 aliphatic carbocycles. The van der Waals surface area contributed by atoms with E-state index < -0.39 is 0 Å². The van der Waals surface area contributed by atoms with Crippen LogP contribution in [0.25, 0.3) is 0 Å². The Morgan fingerprint density at radius 1 is 1.10 bits per heavy atom. The second-order valence-electron chi connectivity index (χ2n) is 2.19. The van der Waals surface area contributed by atoms with Gasteiger partial charge in [-0.3, -0.25) is 0 Å². The normalized spacial score (nSPS) is 18.0. The van der Waals surface area contributed by atoms with Crippen LogP contribution in [0.1, 0.15) is 6.42 Å². The van der Waals surface area contributed by atoms with Gasteiger partial charge in [-0.1, -0.05) is 0 Å². The Balaban J connectivity index is 2.74. The van der Waals surface area contributed by atoms with Crippen LogP contribution in [-0.2, 0) is 9.59 Å². The van der Waals surface area contributed by atoms with Crippen LogP contribution >= 0.6 is 0 Å². The lowest BCUT2D eigenvalue weighted by molar-refractivity contribution is 0.558. The second kappa shape index (κ2) is 3.14. The molecule has 0 spiro atoms. The minimum atomic E-state index is 0.444. The molecule has 1 fully saturated rings. The van der Waals surface area contributed by atoms with E-state index in [1.807, 2.05) is 0 Å². The summed E-state index contributed by atoms with van der Waals surface area (Å²) in [6.07, 6.45) is 0.444. The first kappa shape index (κ1) is 6.97. The van der Waals surface area contributed by atoms with Gasteiger partial charge in [-0.25, -0.2) is 9.59 Å². The summed E-state index contributed by atoms with van der Waals surface area (Å²) in [7, 11) is 0. The van der Waals surface area contributed by atoms with Gasteiger partial charge in [0.25, 0.3) is 0 Å². The van der Waals surface area contributed by atoms with Gasteiger partial charge in [-0.05, 0) is 0 Å². The summed E-state index contributed by atoms with van der Waals surface area (Å²) < 4.78 is 0. The number of hydrogen-bond acceptors (Lipinski definition) is 3. The lowest BCUT2D eigenvalue weighted by Crippen LogP contribution is -2.26. The van der Waals surface area contributed by atoms with E-state index in [0.29, 0.717) is 30.7 Å². The number of rotatable bonds is 0. The standard InChI is InChI=1S/C7H7NO2/c9-4-6-1-7(5-10)3-8-2-6/h8H,1-3H2. The van der Waals surface area contributed by atoms with E-state index in [1.165, 1.54) is 0 Å². The fourth-order valence-corrected chi connectivity index (χ4v) is 0.891. The van der Waals surface area contributed by atoms with Gasteiger partial charge in [0.2, 0.25) is 0 Å². The highest BCUT2D eigenvalue weighted by Crippen LogP contribution is 2.08. The molecule has 1 heterocycles. The molecule has 1 saturated heterocycles. The van der Waals surface area contributed by atoms with Crippen LogP contribution in [0, 0.1) is 0 Å². The largest absolute Gasteiger partial charge is 0.308 e. The smallest absolute Gasteiger partial charge is 0.125 e. The zero-order valence-electron chi connectivity index (χ0n) is 5.44.